The molecule has 2 aliphatic heterocycles. The third kappa shape index (κ3) is 2.55. The zero-order chi connectivity index (χ0) is 16.7. The topological polar surface area (TPSA) is 42.0 Å². The second-order valence-corrected chi connectivity index (χ2v) is 7.47. The Kier molecular flexibility index (Phi) is 3.91. The number of piperazine rings is 1. The van der Waals surface area contributed by atoms with E-state index < -0.39 is 6.10 Å². The number of carbonyl (C=O) groups excluding carboxylic acids is 1. The van der Waals surface area contributed by atoms with Crippen molar-refractivity contribution in [3.05, 3.63) is 24.3 Å². The van der Waals surface area contributed by atoms with Gasteiger partial charge in [0.1, 0.15) is 6.10 Å². The smallest absolute Gasteiger partial charge is 0.268 e. The zero-order valence-corrected chi connectivity index (χ0v) is 14.5. The first-order chi connectivity index (χ1) is 11.6. The number of fused-ring (bicyclic) bond motifs is 1. The van der Waals surface area contributed by atoms with E-state index in [4.69, 9.17) is 9.47 Å². The fourth-order valence-electron chi connectivity index (χ4n) is 4.52. The molecular weight excluding hydrogens is 304 g/mol. The maximum Gasteiger partial charge on any atom is 0.268 e. The Bertz CT molecular complexity index is 627. The second-order valence-electron chi connectivity index (χ2n) is 7.47. The second kappa shape index (κ2) is 5.96. The standard InChI is InChI=1S/C19H26N2O3/c1-14-17(24-16-8-4-3-7-15(16)23-14)18(22)21-12-11-20(2)13-19(21)9-5-6-10-19/h3-4,7-8,14,17H,5-6,9-13H2,1-2H3/t14-,17+/m1/s1. The van der Waals surface area contributed by atoms with Crippen molar-refractivity contribution in [2.45, 2.75) is 50.4 Å². The van der Waals surface area contributed by atoms with E-state index in [1.807, 2.05) is 31.2 Å². The van der Waals surface area contributed by atoms with Gasteiger partial charge in [-0.1, -0.05) is 25.0 Å². The molecule has 0 unspecified atom stereocenters. The largest absolute Gasteiger partial charge is 0.482 e. The van der Waals surface area contributed by atoms with Gasteiger partial charge in [0.05, 0.1) is 5.54 Å². The maximum atomic E-state index is 13.3. The first-order valence-corrected chi connectivity index (χ1v) is 9.01. The average molecular weight is 330 g/mol. The highest BCUT2D eigenvalue weighted by atomic mass is 16.6. The number of benzene rings is 1. The predicted molar refractivity (Wildman–Crippen MR) is 91.4 cm³/mol. The number of rotatable bonds is 1. The number of ether oxygens (including phenoxy) is 2. The van der Waals surface area contributed by atoms with Crippen LogP contribution in [0.1, 0.15) is 32.6 Å². The van der Waals surface area contributed by atoms with Crippen LogP contribution >= 0.6 is 0 Å². The van der Waals surface area contributed by atoms with Gasteiger partial charge in [-0.05, 0) is 38.9 Å². The Balaban J connectivity index is 1.59. The van der Waals surface area contributed by atoms with Crippen LogP contribution in [-0.4, -0.2) is 60.1 Å². The number of hydrogen-bond acceptors (Lipinski definition) is 4. The zero-order valence-electron chi connectivity index (χ0n) is 14.5. The normalized spacial score (nSPS) is 29.0. The van der Waals surface area contributed by atoms with Crippen LogP contribution in [0.2, 0.25) is 0 Å². The van der Waals surface area contributed by atoms with Crippen LogP contribution in [0.25, 0.3) is 0 Å². The summed E-state index contributed by atoms with van der Waals surface area (Å²) in [4.78, 5) is 17.8. The monoisotopic (exact) mass is 330 g/mol. The summed E-state index contributed by atoms with van der Waals surface area (Å²) in [7, 11) is 2.15. The molecule has 1 amide bonds. The molecule has 1 aliphatic carbocycles. The summed E-state index contributed by atoms with van der Waals surface area (Å²) in [5.41, 5.74) is -0.00979. The van der Waals surface area contributed by atoms with Gasteiger partial charge in [-0.3, -0.25) is 4.79 Å². The van der Waals surface area contributed by atoms with Gasteiger partial charge < -0.3 is 19.3 Å². The maximum absolute atomic E-state index is 13.3. The van der Waals surface area contributed by atoms with E-state index in [-0.39, 0.29) is 17.6 Å². The number of amides is 1. The number of carbonyl (C=O) groups is 1. The van der Waals surface area contributed by atoms with Gasteiger partial charge >= 0.3 is 0 Å². The third-order valence-corrected chi connectivity index (χ3v) is 5.73. The van der Waals surface area contributed by atoms with E-state index >= 15 is 0 Å². The van der Waals surface area contributed by atoms with Crippen LogP contribution < -0.4 is 9.47 Å². The van der Waals surface area contributed by atoms with E-state index in [2.05, 4.69) is 16.8 Å². The number of likely N-dealkylation sites (N-methyl/N-ethyl adjacent to an activating group) is 1. The first kappa shape index (κ1) is 15.8. The molecule has 0 bridgehead atoms. The van der Waals surface area contributed by atoms with Crippen molar-refractivity contribution in [3.63, 3.8) is 0 Å². The van der Waals surface area contributed by atoms with Crippen LogP contribution in [0.4, 0.5) is 0 Å². The highest BCUT2D eigenvalue weighted by molar-refractivity contribution is 5.83. The van der Waals surface area contributed by atoms with Gasteiger partial charge in [-0.25, -0.2) is 0 Å². The summed E-state index contributed by atoms with van der Waals surface area (Å²) < 4.78 is 12.0. The van der Waals surface area contributed by atoms with Gasteiger partial charge in [-0.15, -0.1) is 0 Å². The van der Waals surface area contributed by atoms with E-state index in [1.54, 1.807) is 0 Å². The summed E-state index contributed by atoms with van der Waals surface area (Å²) in [6.45, 7) is 4.60. The third-order valence-electron chi connectivity index (χ3n) is 5.73. The molecule has 3 aliphatic rings. The van der Waals surface area contributed by atoms with E-state index in [1.165, 1.54) is 12.8 Å². The van der Waals surface area contributed by atoms with Crippen LogP contribution in [0.5, 0.6) is 11.5 Å². The minimum Gasteiger partial charge on any atom is -0.482 e. The highest BCUT2D eigenvalue weighted by Gasteiger charge is 2.48. The molecule has 5 nitrogen and oxygen atoms in total. The molecule has 0 aromatic heterocycles. The van der Waals surface area contributed by atoms with Crippen molar-refractivity contribution < 1.29 is 14.3 Å². The SMILES string of the molecule is C[C@H]1Oc2ccccc2O[C@@H]1C(=O)N1CCN(C)CC12CCCC2. The van der Waals surface area contributed by atoms with Crippen LogP contribution in [0.15, 0.2) is 24.3 Å². The lowest BCUT2D eigenvalue weighted by Crippen LogP contribution is -2.65. The van der Waals surface area contributed by atoms with Crippen molar-refractivity contribution in [1.29, 1.82) is 0 Å². The van der Waals surface area contributed by atoms with Crippen molar-refractivity contribution in [3.8, 4) is 11.5 Å². The van der Waals surface area contributed by atoms with Crippen LogP contribution in [0, 0.1) is 0 Å². The molecule has 1 saturated carbocycles. The molecule has 130 valence electrons. The highest BCUT2D eigenvalue weighted by Crippen LogP contribution is 2.40. The van der Waals surface area contributed by atoms with Gasteiger partial charge in [0.2, 0.25) is 6.10 Å². The minimum absolute atomic E-state index is 0.00979. The number of nitrogens with zero attached hydrogens (tertiary/aromatic N) is 2. The molecule has 2 fully saturated rings. The van der Waals surface area contributed by atoms with Crippen molar-refractivity contribution in [2.24, 2.45) is 0 Å². The molecular formula is C19H26N2O3. The Hall–Kier alpha value is -1.75. The number of para-hydroxylation sites is 2. The summed E-state index contributed by atoms with van der Waals surface area (Å²) in [6.07, 6.45) is 3.78. The Labute approximate surface area is 143 Å². The molecule has 1 spiro atoms. The van der Waals surface area contributed by atoms with Gasteiger partial charge in [-0.2, -0.15) is 0 Å². The van der Waals surface area contributed by atoms with Crippen LogP contribution in [-0.2, 0) is 4.79 Å². The molecule has 24 heavy (non-hydrogen) atoms. The quantitative estimate of drug-likeness (QED) is 0.792. The number of hydrogen-bond donors (Lipinski definition) is 0. The molecule has 1 saturated heterocycles. The Morgan fingerprint density at radius 1 is 1.12 bits per heavy atom. The predicted octanol–water partition coefficient (Wildman–Crippen LogP) is 2.30. The summed E-state index contributed by atoms with van der Waals surface area (Å²) in [6, 6.07) is 7.59. The summed E-state index contributed by atoms with van der Waals surface area (Å²) in [5, 5.41) is 0. The van der Waals surface area contributed by atoms with E-state index in [9.17, 15) is 4.79 Å². The molecule has 2 atom stereocenters. The minimum atomic E-state index is -0.555. The first-order valence-electron chi connectivity index (χ1n) is 9.01. The lowest BCUT2D eigenvalue weighted by molar-refractivity contribution is -0.155. The summed E-state index contributed by atoms with van der Waals surface area (Å²) >= 11 is 0. The van der Waals surface area contributed by atoms with Crippen molar-refractivity contribution in [1.82, 2.24) is 9.80 Å². The van der Waals surface area contributed by atoms with Crippen LogP contribution in [0.3, 0.4) is 0 Å². The lowest BCUT2D eigenvalue weighted by Gasteiger charge is -2.49. The fourth-order valence-corrected chi connectivity index (χ4v) is 4.52. The molecule has 0 N–H and O–H groups in total. The Morgan fingerprint density at radius 3 is 2.50 bits per heavy atom. The van der Waals surface area contributed by atoms with Gasteiger partial charge in [0.25, 0.3) is 5.91 Å². The molecule has 1 aromatic rings. The summed E-state index contributed by atoms with van der Waals surface area (Å²) in [5.74, 6) is 1.48. The van der Waals surface area contributed by atoms with Crippen molar-refractivity contribution in [2.75, 3.05) is 26.7 Å². The van der Waals surface area contributed by atoms with E-state index in [0.29, 0.717) is 5.75 Å². The van der Waals surface area contributed by atoms with Gasteiger partial charge in [0.15, 0.2) is 11.5 Å². The molecule has 1 aromatic carbocycles. The molecule has 0 radical (unpaired) electrons. The molecule has 4 rings (SSSR count). The van der Waals surface area contributed by atoms with E-state index in [0.717, 1.165) is 38.2 Å². The average Bonchev–Trinajstić information content (AvgIpc) is 3.02. The molecule has 5 heteroatoms. The molecule has 2 heterocycles. The Morgan fingerprint density at radius 2 is 1.79 bits per heavy atom. The fraction of sp³-hybridized carbons (Fsp3) is 0.632. The lowest BCUT2D eigenvalue weighted by atomic mass is 9.91. The van der Waals surface area contributed by atoms with Gasteiger partial charge in [0, 0.05) is 19.6 Å². The van der Waals surface area contributed by atoms with Crippen molar-refractivity contribution >= 4 is 5.91 Å².